The van der Waals surface area contributed by atoms with Crippen LogP contribution in [0.2, 0.25) is 0 Å². The Labute approximate surface area is 384 Å². The van der Waals surface area contributed by atoms with Crippen molar-refractivity contribution in [3.05, 3.63) is 288 Å². The van der Waals surface area contributed by atoms with Gasteiger partial charge in [-0.05, 0) is 142 Å². The van der Waals surface area contributed by atoms with Crippen molar-refractivity contribution in [1.82, 2.24) is 0 Å². The number of nitrogens with zero attached hydrogens (tertiary/aromatic N) is 2. The molecule has 2 nitrogen and oxygen atoms in total. The first-order valence-electron chi connectivity index (χ1n) is 22.9. The maximum atomic E-state index is 2.40. The highest BCUT2D eigenvalue weighted by molar-refractivity contribution is 6.05. The Kier molecular flexibility index (Phi) is 12.1. The van der Waals surface area contributed by atoms with Gasteiger partial charge >= 0.3 is 0 Å². The zero-order valence-electron chi connectivity index (χ0n) is 36.8. The zero-order valence-corrected chi connectivity index (χ0v) is 36.8. The molecule has 0 saturated carbocycles. The van der Waals surface area contributed by atoms with Crippen LogP contribution in [-0.4, -0.2) is 0 Å². The van der Waals surface area contributed by atoms with Gasteiger partial charge in [-0.25, -0.2) is 0 Å². The van der Waals surface area contributed by atoms with E-state index in [9.17, 15) is 0 Å². The summed E-state index contributed by atoms with van der Waals surface area (Å²) in [4.78, 5) is 4.70. The molecule has 0 spiro atoms. The summed E-state index contributed by atoms with van der Waals surface area (Å²) < 4.78 is 0. The van der Waals surface area contributed by atoms with Crippen molar-refractivity contribution in [2.45, 2.75) is 26.2 Å². The standard InChI is InChI=1S/C63H52N2/c1-47-27-41-59(42-28-47)65(58-25-15-6-16-26-58)61-45-39-51(40-46-61)49-31-35-55(36-32-49)63(53-19-9-3-10-20-53)62(52-17-7-2-8-18-52)54-33-29-48(30-34-54)50-37-43-60(44-38-50)64(56-21-11-4-12-22-56)57-23-13-5-14-24-57/h2-5,7-15,17-27,29-47H,6,16,28H2,1H3/b63-62+. The molecule has 1 unspecified atom stereocenters. The average molecular weight is 837 g/mol. The molecule has 0 saturated heterocycles. The first-order valence-corrected chi connectivity index (χ1v) is 22.9. The van der Waals surface area contributed by atoms with Crippen molar-refractivity contribution < 1.29 is 0 Å². The molecule has 2 aliphatic carbocycles. The van der Waals surface area contributed by atoms with Crippen LogP contribution in [0.3, 0.4) is 0 Å². The van der Waals surface area contributed by atoms with Crippen molar-refractivity contribution in [2.75, 3.05) is 9.80 Å². The zero-order chi connectivity index (χ0) is 43.8. The van der Waals surface area contributed by atoms with Gasteiger partial charge in [-0.2, -0.15) is 0 Å². The molecule has 0 bridgehead atoms. The molecule has 314 valence electrons. The molecule has 2 aliphatic rings. The van der Waals surface area contributed by atoms with Crippen molar-refractivity contribution >= 4 is 33.9 Å². The maximum Gasteiger partial charge on any atom is 0.0462 e. The van der Waals surface area contributed by atoms with Crippen molar-refractivity contribution in [2.24, 2.45) is 5.92 Å². The van der Waals surface area contributed by atoms with E-state index in [1.807, 2.05) is 0 Å². The number of hydrogen-bond acceptors (Lipinski definition) is 2. The van der Waals surface area contributed by atoms with Crippen molar-refractivity contribution in [3.8, 4) is 22.3 Å². The lowest BCUT2D eigenvalue weighted by molar-refractivity contribution is 0.727. The fraction of sp³-hybridized carbons (Fsp3) is 0.0794. The first-order chi connectivity index (χ1) is 32.2. The molecule has 0 heterocycles. The molecule has 0 radical (unpaired) electrons. The van der Waals surface area contributed by atoms with Gasteiger partial charge in [0.05, 0.1) is 0 Å². The fourth-order valence-corrected chi connectivity index (χ4v) is 9.08. The summed E-state index contributed by atoms with van der Waals surface area (Å²) in [5.41, 5.74) is 18.8. The van der Waals surface area contributed by atoms with Crippen LogP contribution in [-0.2, 0) is 0 Å². The van der Waals surface area contributed by atoms with Gasteiger partial charge in [-0.1, -0.05) is 201 Å². The van der Waals surface area contributed by atoms with E-state index in [1.54, 1.807) is 0 Å². The summed E-state index contributed by atoms with van der Waals surface area (Å²) in [6.45, 7) is 2.28. The summed E-state index contributed by atoms with van der Waals surface area (Å²) in [5.74, 6) is 0.566. The Morgan fingerprint density at radius 1 is 0.354 bits per heavy atom. The van der Waals surface area contributed by atoms with Gasteiger partial charge in [0.2, 0.25) is 0 Å². The molecular formula is C63H52N2. The lowest BCUT2D eigenvalue weighted by Gasteiger charge is -2.30. The van der Waals surface area contributed by atoms with Crippen LogP contribution in [0.1, 0.15) is 48.4 Å². The van der Waals surface area contributed by atoms with Crippen LogP contribution in [0, 0.1) is 5.92 Å². The number of benzene rings is 8. The Bertz CT molecular complexity index is 2960. The predicted molar refractivity (Wildman–Crippen MR) is 276 cm³/mol. The second kappa shape index (κ2) is 19.2. The monoisotopic (exact) mass is 836 g/mol. The topological polar surface area (TPSA) is 6.48 Å². The van der Waals surface area contributed by atoms with E-state index < -0.39 is 0 Å². The third-order valence-electron chi connectivity index (χ3n) is 12.5. The van der Waals surface area contributed by atoms with E-state index in [0.717, 1.165) is 36.3 Å². The highest BCUT2D eigenvalue weighted by atomic mass is 15.2. The average Bonchev–Trinajstić information content (AvgIpc) is 3.38. The van der Waals surface area contributed by atoms with Crippen LogP contribution in [0.4, 0.5) is 22.7 Å². The van der Waals surface area contributed by atoms with Gasteiger partial charge in [0, 0.05) is 34.1 Å². The van der Waals surface area contributed by atoms with Crippen molar-refractivity contribution in [3.63, 3.8) is 0 Å². The number of rotatable bonds is 12. The summed E-state index contributed by atoms with van der Waals surface area (Å²) in [5, 5.41) is 0. The van der Waals surface area contributed by atoms with Gasteiger partial charge in [0.15, 0.2) is 0 Å². The largest absolute Gasteiger partial charge is 0.311 e. The van der Waals surface area contributed by atoms with Gasteiger partial charge in [0.25, 0.3) is 0 Å². The minimum absolute atomic E-state index is 0.566. The van der Waals surface area contributed by atoms with Gasteiger partial charge in [0.1, 0.15) is 0 Å². The summed E-state index contributed by atoms with van der Waals surface area (Å²) in [6.07, 6.45) is 17.1. The maximum absolute atomic E-state index is 2.40. The number of para-hydroxylation sites is 2. The Balaban J connectivity index is 0.982. The molecule has 65 heavy (non-hydrogen) atoms. The quantitative estimate of drug-likeness (QED) is 0.113. The van der Waals surface area contributed by atoms with Gasteiger partial charge in [-0.3, -0.25) is 0 Å². The minimum Gasteiger partial charge on any atom is -0.311 e. The van der Waals surface area contributed by atoms with Gasteiger partial charge < -0.3 is 9.80 Å². The number of hydrogen-bond donors (Lipinski definition) is 0. The third kappa shape index (κ3) is 9.12. The molecule has 2 heteroatoms. The molecule has 0 aromatic heterocycles. The Morgan fingerprint density at radius 3 is 1.12 bits per heavy atom. The number of anilines is 4. The van der Waals surface area contributed by atoms with E-state index in [1.165, 1.54) is 72.7 Å². The Morgan fingerprint density at radius 2 is 0.723 bits per heavy atom. The lowest BCUT2D eigenvalue weighted by atomic mass is 9.85. The van der Waals surface area contributed by atoms with Crippen LogP contribution >= 0.6 is 0 Å². The second-order valence-corrected chi connectivity index (χ2v) is 16.9. The summed E-state index contributed by atoms with van der Waals surface area (Å²) in [6, 6.07) is 79.0. The van der Waals surface area contributed by atoms with E-state index in [-0.39, 0.29) is 0 Å². The van der Waals surface area contributed by atoms with Crippen LogP contribution in [0.25, 0.3) is 33.4 Å². The molecule has 0 amide bonds. The molecular weight excluding hydrogens is 785 g/mol. The predicted octanol–water partition coefficient (Wildman–Crippen LogP) is 17.0. The Hall–Kier alpha value is -7.94. The van der Waals surface area contributed by atoms with E-state index >= 15 is 0 Å². The van der Waals surface area contributed by atoms with E-state index in [2.05, 4.69) is 272 Å². The van der Waals surface area contributed by atoms with Crippen molar-refractivity contribution in [1.29, 1.82) is 0 Å². The van der Waals surface area contributed by atoms with E-state index in [4.69, 9.17) is 0 Å². The molecule has 0 fully saturated rings. The van der Waals surface area contributed by atoms with Crippen LogP contribution in [0.5, 0.6) is 0 Å². The van der Waals surface area contributed by atoms with E-state index in [0.29, 0.717) is 5.92 Å². The number of allylic oxidation sites excluding steroid dienone is 6. The second-order valence-electron chi connectivity index (χ2n) is 16.9. The summed E-state index contributed by atoms with van der Waals surface area (Å²) in [7, 11) is 0. The first kappa shape index (κ1) is 41.1. The van der Waals surface area contributed by atoms with Crippen LogP contribution < -0.4 is 9.80 Å². The molecule has 0 N–H and O–H groups in total. The highest BCUT2D eigenvalue weighted by Crippen LogP contribution is 2.40. The summed E-state index contributed by atoms with van der Waals surface area (Å²) >= 11 is 0. The van der Waals surface area contributed by atoms with Gasteiger partial charge in [-0.15, -0.1) is 0 Å². The fourth-order valence-electron chi connectivity index (χ4n) is 9.08. The molecule has 10 rings (SSSR count). The molecule has 8 aromatic carbocycles. The SMILES string of the molecule is CC1C=CC(N(C2=CCCC=C2)c2ccc(-c3ccc(/C(=C(\c4ccccc4)c4ccc(-c5ccc(N(c6ccccc6)c6ccccc6)cc5)cc4)c4ccccc4)cc3)cc2)=CC1. The minimum atomic E-state index is 0.566. The smallest absolute Gasteiger partial charge is 0.0462 e. The van der Waals surface area contributed by atoms with Crippen LogP contribution in [0.15, 0.2) is 266 Å². The molecule has 8 aromatic rings. The normalized spacial score (nSPS) is 14.8. The molecule has 1 atom stereocenters. The third-order valence-corrected chi connectivity index (χ3v) is 12.5. The molecule has 0 aliphatic heterocycles. The lowest BCUT2D eigenvalue weighted by Crippen LogP contribution is -2.22. The highest BCUT2D eigenvalue weighted by Gasteiger charge is 2.20.